The van der Waals surface area contributed by atoms with Crippen molar-refractivity contribution in [2.24, 2.45) is 0 Å². The molecule has 3 atom stereocenters. The average molecular weight is 185 g/mol. The van der Waals surface area contributed by atoms with Crippen LogP contribution in [0.1, 0.15) is 19.8 Å². The Morgan fingerprint density at radius 1 is 1.77 bits per heavy atom. The Morgan fingerprint density at radius 2 is 2.54 bits per heavy atom. The van der Waals surface area contributed by atoms with E-state index in [-0.39, 0.29) is 6.04 Å². The molecule has 2 heterocycles. The molecular formula is C9H15NO3. The molecule has 0 unspecified atom stereocenters. The summed E-state index contributed by atoms with van der Waals surface area (Å²) in [5.41, 5.74) is 0. The predicted molar refractivity (Wildman–Crippen MR) is 46.6 cm³/mol. The molecule has 4 heteroatoms. The van der Waals surface area contributed by atoms with Crippen LogP contribution in [0.25, 0.3) is 0 Å². The van der Waals surface area contributed by atoms with E-state index in [0.717, 1.165) is 13.0 Å². The third kappa shape index (κ3) is 1.44. The second-order valence-corrected chi connectivity index (χ2v) is 3.80. The van der Waals surface area contributed by atoms with Crippen molar-refractivity contribution in [3.05, 3.63) is 0 Å². The van der Waals surface area contributed by atoms with Crippen LogP contribution >= 0.6 is 0 Å². The number of hydrogen-bond acceptors (Lipinski definition) is 3. The molecule has 0 aromatic carbocycles. The van der Waals surface area contributed by atoms with Crippen molar-refractivity contribution in [2.45, 2.75) is 38.0 Å². The summed E-state index contributed by atoms with van der Waals surface area (Å²) in [5, 5.41) is 8.98. The lowest BCUT2D eigenvalue weighted by Crippen LogP contribution is -2.47. The molecule has 4 nitrogen and oxygen atoms in total. The smallest absolute Gasteiger partial charge is 0.320 e. The maximum atomic E-state index is 10.9. The second kappa shape index (κ2) is 3.27. The van der Waals surface area contributed by atoms with Gasteiger partial charge in [0.15, 0.2) is 0 Å². The largest absolute Gasteiger partial charge is 0.480 e. The van der Waals surface area contributed by atoms with E-state index in [2.05, 4.69) is 4.90 Å². The molecule has 13 heavy (non-hydrogen) atoms. The third-order valence-electron chi connectivity index (χ3n) is 3.01. The number of morpholine rings is 1. The first-order valence-corrected chi connectivity index (χ1v) is 4.82. The van der Waals surface area contributed by atoms with E-state index in [1.807, 2.05) is 6.92 Å². The Balaban J connectivity index is 2.04. The van der Waals surface area contributed by atoms with E-state index in [1.54, 1.807) is 0 Å². The van der Waals surface area contributed by atoms with Crippen LogP contribution in [-0.4, -0.2) is 47.3 Å². The maximum absolute atomic E-state index is 10.9. The number of carboxylic acid groups (broad SMARTS) is 1. The molecule has 1 N–H and O–H groups in total. The van der Waals surface area contributed by atoms with E-state index in [1.165, 1.54) is 0 Å². The fourth-order valence-corrected chi connectivity index (χ4v) is 2.36. The Morgan fingerprint density at radius 3 is 2.92 bits per heavy atom. The summed E-state index contributed by atoms with van der Waals surface area (Å²) >= 11 is 0. The predicted octanol–water partition coefficient (Wildman–Crippen LogP) is 0.323. The van der Waals surface area contributed by atoms with E-state index in [4.69, 9.17) is 9.84 Å². The number of ether oxygens (including phenoxy) is 1. The Hall–Kier alpha value is -0.610. The Kier molecular flexibility index (Phi) is 2.26. The fourth-order valence-electron chi connectivity index (χ4n) is 2.36. The summed E-state index contributed by atoms with van der Waals surface area (Å²) in [6.07, 6.45) is 1.99. The van der Waals surface area contributed by atoms with E-state index in [0.29, 0.717) is 25.2 Å². The molecule has 0 spiro atoms. The van der Waals surface area contributed by atoms with Gasteiger partial charge in [-0.3, -0.25) is 9.69 Å². The van der Waals surface area contributed by atoms with Crippen molar-refractivity contribution >= 4 is 5.97 Å². The highest BCUT2D eigenvalue weighted by atomic mass is 16.5. The summed E-state index contributed by atoms with van der Waals surface area (Å²) in [6.45, 7) is 3.44. The summed E-state index contributed by atoms with van der Waals surface area (Å²) in [4.78, 5) is 13.0. The number of likely N-dealkylation sites (tertiary alicyclic amines) is 1. The van der Waals surface area contributed by atoms with E-state index in [9.17, 15) is 4.79 Å². The van der Waals surface area contributed by atoms with Gasteiger partial charge in [-0.2, -0.15) is 0 Å². The van der Waals surface area contributed by atoms with Crippen LogP contribution in [0.2, 0.25) is 0 Å². The zero-order valence-corrected chi connectivity index (χ0v) is 7.77. The zero-order chi connectivity index (χ0) is 9.42. The highest BCUT2D eigenvalue weighted by molar-refractivity contribution is 5.73. The second-order valence-electron chi connectivity index (χ2n) is 3.80. The molecule has 0 saturated carbocycles. The van der Waals surface area contributed by atoms with Gasteiger partial charge in [0.2, 0.25) is 0 Å². The normalized spacial score (nSPS) is 35.2. The molecule has 2 aliphatic rings. The van der Waals surface area contributed by atoms with Crippen molar-refractivity contribution in [2.75, 3.05) is 13.2 Å². The quantitative estimate of drug-likeness (QED) is 0.688. The molecule has 2 saturated heterocycles. The van der Waals surface area contributed by atoms with Crippen LogP contribution < -0.4 is 0 Å². The number of hydrogen-bond donors (Lipinski definition) is 1. The molecule has 2 aliphatic heterocycles. The highest BCUT2D eigenvalue weighted by Gasteiger charge is 2.43. The standard InChI is InChI=1S/C9H15NO3/c1-2-8(9(11)12)10-4-7-3-6(10)5-13-7/h6-8H,2-5H2,1H3,(H,11,12)/t6-,7+,8-/m0/s1. The van der Waals surface area contributed by atoms with Crippen LogP contribution in [0.3, 0.4) is 0 Å². The maximum Gasteiger partial charge on any atom is 0.320 e. The van der Waals surface area contributed by atoms with Crippen molar-refractivity contribution in [1.29, 1.82) is 0 Å². The first-order valence-electron chi connectivity index (χ1n) is 4.82. The van der Waals surface area contributed by atoms with Gasteiger partial charge in [-0.15, -0.1) is 0 Å². The van der Waals surface area contributed by atoms with Crippen LogP contribution in [0.5, 0.6) is 0 Å². The first kappa shape index (κ1) is 8.97. The lowest BCUT2D eigenvalue weighted by atomic mass is 10.1. The van der Waals surface area contributed by atoms with Crippen molar-refractivity contribution in [1.82, 2.24) is 4.90 Å². The molecular weight excluding hydrogens is 170 g/mol. The summed E-state index contributed by atoms with van der Waals surface area (Å²) in [6, 6.07) is 0.0462. The number of fused-ring (bicyclic) bond motifs is 2. The molecule has 0 aromatic heterocycles. The van der Waals surface area contributed by atoms with E-state index >= 15 is 0 Å². The third-order valence-corrected chi connectivity index (χ3v) is 3.01. The van der Waals surface area contributed by atoms with Crippen LogP contribution in [0.15, 0.2) is 0 Å². The van der Waals surface area contributed by atoms with E-state index < -0.39 is 5.97 Å². The van der Waals surface area contributed by atoms with Gasteiger partial charge < -0.3 is 9.84 Å². The van der Waals surface area contributed by atoms with Crippen LogP contribution in [0, 0.1) is 0 Å². The van der Waals surface area contributed by atoms with Gasteiger partial charge in [0.05, 0.1) is 12.7 Å². The number of aliphatic carboxylic acids is 1. The molecule has 74 valence electrons. The number of nitrogens with zero attached hydrogens (tertiary/aromatic N) is 1. The minimum atomic E-state index is -0.699. The number of carbonyl (C=O) groups is 1. The zero-order valence-electron chi connectivity index (χ0n) is 7.77. The van der Waals surface area contributed by atoms with Gasteiger partial charge >= 0.3 is 5.97 Å². The summed E-state index contributed by atoms with van der Waals surface area (Å²) < 4.78 is 5.42. The summed E-state index contributed by atoms with van der Waals surface area (Å²) in [5.74, 6) is -0.699. The van der Waals surface area contributed by atoms with Gasteiger partial charge in [0.25, 0.3) is 0 Å². The lowest BCUT2D eigenvalue weighted by Gasteiger charge is -2.31. The van der Waals surface area contributed by atoms with Gasteiger partial charge in [-0.05, 0) is 12.8 Å². The van der Waals surface area contributed by atoms with Gasteiger partial charge in [-0.1, -0.05) is 6.92 Å². The number of rotatable bonds is 3. The monoisotopic (exact) mass is 185 g/mol. The van der Waals surface area contributed by atoms with Crippen molar-refractivity contribution in [3.63, 3.8) is 0 Å². The Labute approximate surface area is 77.5 Å². The average Bonchev–Trinajstić information content (AvgIpc) is 2.65. The molecule has 2 bridgehead atoms. The van der Waals surface area contributed by atoms with Gasteiger partial charge in [-0.25, -0.2) is 0 Å². The van der Waals surface area contributed by atoms with Crippen LogP contribution in [-0.2, 0) is 9.53 Å². The highest BCUT2D eigenvalue weighted by Crippen LogP contribution is 2.30. The minimum absolute atomic E-state index is 0.290. The summed E-state index contributed by atoms with van der Waals surface area (Å²) in [7, 11) is 0. The minimum Gasteiger partial charge on any atom is -0.480 e. The lowest BCUT2D eigenvalue weighted by molar-refractivity contribution is -0.145. The molecule has 0 amide bonds. The molecule has 0 aliphatic carbocycles. The SMILES string of the molecule is CC[C@@H](C(=O)O)N1C[C@H]2C[C@H]1CO2. The molecule has 0 radical (unpaired) electrons. The fraction of sp³-hybridized carbons (Fsp3) is 0.889. The Bertz CT molecular complexity index is 219. The van der Waals surface area contributed by atoms with Gasteiger partial charge in [0.1, 0.15) is 6.04 Å². The van der Waals surface area contributed by atoms with Crippen molar-refractivity contribution in [3.8, 4) is 0 Å². The molecule has 0 aromatic rings. The topological polar surface area (TPSA) is 49.8 Å². The van der Waals surface area contributed by atoms with Crippen molar-refractivity contribution < 1.29 is 14.6 Å². The number of carboxylic acids is 1. The first-order chi connectivity index (χ1) is 6.22. The van der Waals surface area contributed by atoms with Gasteiger partial charge in [0, 0.05) is 12.6 Å². The molecule has 2 rings (SSSR count). The molecule has 2 fully saturated rings. The van der Waals surface area contributed by atoms with Crippen LogP contribution in [0.4, 0.5) is 0 Å².